The summed E-state index contributed by atoms with van der Waals surface area (Å²) in [5, 5.41) is 9.24. The van der Waals surface area contributed by atoms with E-state index in [2.05, 4.69) is 26.5 Å². The normalized spacial score (nSPS) is 11.5. The molecule has 0 aliphatic rings. The van der Waals surface area contributed by atoms with E-state index in [4.69, 9.17) is 4.74 Å². The smallest absolute Gasteiger partial charge is 0.322 e. The van der Waals surface area contributed by atoms with Crippen molar-refractivity contribution in [3.63, 3.8) is 0 Å². The van der Waals surface area contributed by atoms with Crippen LogP contribution < -0.4 is 9.46 Å². The van der Waals surface area contributed by atoms with Gasteiger partial charge in [0.15, 0.2) is 5.82 Å². The van der Waals surface area contributed by atoms with Crippen LogP contribution in [0, 0.1) is 0 Å². The Morgan fingerprint density at radius 2 is 1.97 bits per heavy atom. The molecule has 4 rings (SSSR count). The van der Waals surface area contributed by atoms with Crippen LogP contribution in [0.25, 0.3) is 16.6 Å². The molecule has 4 aromatic rings. The zero-order valence-electron chi connectivity index (χ0n) is 17.1. The molecule has 2 aromatic heterocycles. The minimum atomic E-state index is -3.60. The Bertz CT molecular complexity index is 1310. The molecule has 0 atom stereocenters. The Morgan fingerprint density at radius 3 is 2.74 bits per heavy atom. The van der Waals surface area contributed by atoms with Gasteiger partial charge in [-0.3, -0.25) is 9.29 Å². The van der Waals surface area contributed by atoms with Gasteiger partial charge in [-0.05, 0) is 42.5 Å². The van der Waals surface area contributed by atoms with Crippen LogP contribution in [0.1, 0.15) is 18.3 Å². The van der Waals surface area contributed by atoms with E-state index in [1.165, 1.54) is 0 Å². The van der Waals surface area contributed by atoms with E-state index in [0.29, 0.717) is 24.5 Å². The maximum Gasteiger partial charge on any atom is 0.322 e. The number of aryl methyl sites for hydroxylation is 1. The Balaban J connectivity index is 1.47. The predicted molar refractivity (Wildman–Crippen MR) is 120 cm³/mol. The molecule has 9 heteroatoms. The highest BCUT2D eigenvalue weighted by molar-refractivity contribution is 7.89. The number of sulfonamides is 1. The fourth-order valence-corrected chi connectivity index (χ4v) is 4.32. The lowest BCUT2D eigenvalue weighted by Crippen LogP contribution is -2.27. The third-order valence-corrected chi connectivity index (χ3v) is 6.12. The van der Waals surface area contributed by atoms with Gasteiger partial charge in [0, 0.05) is 24.3 Å². The van der Waals surface area contributed by atoms with Crippen molar-refractivity contribution in [3.8, 4) is 11.8 Å². The number of aromatic nitrogens is 4. The molecule has 0 saturated heterocycles. The second-order valence-electron chi connectivity index (χ2n) is 7.01. The summed E-state index contributed by atoms with van der Waals surface area (Å²) in [7, 11) is -3.60. The van der Waals surface area contributed by atoms with Crippen LogP contribution in [-0.4, -0.2) is 33.9 Å². The first-order chi connectivity index (χ1) is 14.9. The lowest BCUT2D eigenvalue weighted by atomic mass is 10.2. The summed E-state index contributed by atoms with van der Waals surface area (Å²) in [5.74, 6) is 0.843. The van der Waals surface area contributed by atoms with Crippen LogP contribution >= 0.6 is 0 Å². The van der Waals surface area contributed by atoms with Gasteiger partial charge >= 0.3 is 6.01 Å². The molecule has 0 aliphatic heterocycles. The largest absolute Gasteiger partial charge is 0.424 e. The molecule has 2 heterocycles. The van der Waals surface area contributed by atoms with Crippen molar-refractivity contribution in [2.45, 2.75) is 19.9 Å². The molecule has 0 saturated carbocycles. The maximum absolute atomic E-state index is 12.5. The van der Waals surface area contributed by atoms with Gasteiger partial charge < -0.3 is 9.72 Å². The molecule has 160 valence electrons. The molecule has 31 heavy (non-hydrogen) atoms. The number of hydrogen-bond acceptors (Lipinski definition) is 5. The number of hydrogen-bond donors (Lipinski definition) is 2. The Labute approximate surface area is 180 Å². The number of rotatable bonds is 9. The number of aromatic amines is 1. The van der Waals surface area contributed by atoms with Gasteiger partial charge in [-0.15, -0.1) is 5.10 Å². The van der Waals surface area contributed by atoms with E-state index in [0.717, 1.165) is 16.5 Å². The lowest BCUT2D eigenvalue weighted by Gasteiger charge is -2.12. The van der Waals surface area contributed by atoms with Crippen LogP contribution in [0.4, 0.5) is 0 Å². The van der Waals surface area contributed by atoms with Gasteiger partial charge in [-0.2, -0.15) is 0 Å². The summed E-state index contributed by atoms with van der Waals surface area (Å²) in [6.07, 6.45) is 2.26. The maximum atomic E-state index is 12.5. The van der Waals surface area contributed by atoms with E-state index in [1.807, 2.05) is 67.7 Å². The molecular formula is C22H23N5O3S. The van der Waals surface area contributed by atoms with E-state index in [-0.39, 0.29) is 17.5 Å². The van der Waals surface area contributed by atoms with Crippen LogP contribution in [0.15, 0.2) is 67.4 Å². The van der Waals surface area contributed by atoms with E-state index < -0.39 is 10.0 Å². The minimum Gasteiger partial charge on any atom is -0.424 e. The summed E-state index contributed by atoms with van der Waals surface area (Å²) in [4.78, 5) is 3.13. The van der Waals surface area contributed by atoms with Gasteiger partial charge in [-0.25, -0.2) is 8.42 Å². The Kier molecular flexibility index (Phi) is 5.77. The van der Waals surface area contributed by atoms with Crippen molar-refractivity contribution in [1.29, 1.82) is 0 Å². The van der Waals surface area contributed by atoms with Gasteiger partial charge in [-0.1, -0.05) is 42.0 Å². The van der Waals surface area contributed by atoms with Crippen LogP contribution in [0.2, 0.25) is 0 Å². The van der Waals surface area contributed by atoms with Crippen molar-refractivity contribution in [1.82, 2.24) is 24.5 Å². The minimum absolute atomic E-state index is 0.0597. The second kappa shape index (κ2) is 8.65. The van der Waals surface area contributed by atoms with Gasteiger partial charge in [0.25, 0.3) is 0 Å². The standard InChI is InChI=1S/C22H23N5O3S/c1-3-27-21(16(2)26-31(28,29)14-12-17-7-5-4-6-8-17)24-25-22(27)30-19-10-9-18-11-13-23-20(18)15-19/h4-11,13,15,23,26H,2-3,12,14H2,1H3. The molecule has 0 radical (unpaired) electrons. The van der Waals surface area contributed by atoms with Gasteiger partial charge in [0.05, 0.1) is 11.4 Å². The number of nitrogens with one attached hydrogen (secondary N) is 2. The molecule has 0 bridgehead atoms. The van der Waals surface area contributed by atoms with E-state index in [9.17, 15) is 8.42 Å². The molecule has 2 N–H and O–H groups in total. The van der Waals surface area contributed by atoms with Crippen molar-refractivity contribution in [2.24, 2.45) is 0 Å². The van der Waals surface area contributed by atoms with Gasteiger partial charge in [0.2, 0.25) is 10.0 Å². The van der Waals surface area contributed by atoms with E-state index >= 15 is 0 Å². The fourth-order valence-electron chi connectivity index (χ4n) is 3.25. The van der Waals surface area contributed by atoms with Crippen LogP contribution in [0.5, 0.6) is 11.8 Å². The van der Waals surface area contributed by atoms with Crippen molar-refractivity contribution in [2.75, 3.05) is 5.75 Å². The zero-order valence-corrected chi connectivity index (χ0v) is 17.9. The molecule has 2 aromatic carbocycles. The van der Waals surface area contributed by atoms with Crippen LogP contribution in [0.3, 0.4) is 0 Å². The Morgan fingerprint density at radius 1 is 1.16 bits per heavy atom. The van der Waals surface area contributed by atoms with Gasteiger partial charge in [0.1, 0.15) is 5.75 Å². The number of fused-ring (bicyclic) bond motifs is 1. The number of ether oxygens (including phenoxy) is 1. The number of nitrogens with zero attached hydrogens (tertiary/aromatic N) is 3. The van der Waals surface area contributed by atoms with Crippen molar-refractivity contribution >= 4 is 26.6 Å². The average molecular weight is 438 g/mol. The monoisotopic (exact) mass is 437 g/mol. The fraction of sp³-hybridized carbons (Fsp3) is 0.182. The topological polar surface area (TPSA) is 102 Å². The molecular weight excluding hydrogens is 414 g/mol. The SMILES string of the molecule is C=C(NS(=O)(=O)CCc1ccccc1)c1nnc(Oc2ccc3cc[nH]c3c2)n1CC. The third kappa shape index (κ3) is 4.77. The summed E-state index contributed by atoms with van der Waals surface area (Å²) >= 11 is 0. The summed E-state index contributed by atoms with van der Waals surface area (Å²) < 4.78 is 35.1. The second-order valence-corrected chi connectivity index (χ2v) is 8.86. The molecule has 0 aliphatic carbocycles. The molecule has 8 nitrogen and oxygen atoms in total. The third-order valence-electron chi connectivity index (χ3n) is 4.82. The molecule has 0 fully saturated rings. The molecule has 0 spiro atoms. The highest BCUT2D eigenvalue weighted by Crippen LogP contribution is 2.25. The highest BCUT2D eigenvalue weighted by Gasteiger charge is 2.19. The Hall–Kier alpha value is -3.59. The first-order valence-electron chi connectivity index (χ1n) is 9.87. The zero-order chi connectivity index (χ0) is 21.8. The van der Waals surface area contributed by atoms with Crippen molar-refractivity contribution < 1.29 is 13.2 Å². The van der Waals surface area contributed by atoms with Crippen molar-refractivity contribution in [3.05, 3.63) is 78.8 Å². The quantitative estimate of drug-likeness (QED) is 0.416. The summed E-state index contributed by atoms with van der Waals surface area (Å²) in [6, 6.07) is 17.3. The average Bonchev–Trinajstić information content (AvgIpc) is 3.39. The highest BCUT2D eigenvalue weighted by atomic mass is 32.2. The lowest BCUT2D eigenvalue weighted by molar-refractivity contribution is 0.413. The summed E-state index contributed by atoms with van der Waals surface area (Å²) in [5.41, 5.74) is 2.04. The molecule has 0 amide bonds. The van der Waals surface area contributed by atoms with Crippen LogP contribution in [-0.2, 0) is 23.0 Å². The number of H-pyrrole nitrogens is 1. The first-order valence-corrected chi connectivity index (χ1v) is 11.5. The predicted octanol–water partition coefficient (Wildman–Crippen LogP) is 3.70. The van der Waals surface area contributed by atoms with E-state index in [1.54, 1.807) is 4.57 Å². The molecule has 0 unspecified atom stereocenters. The number of benzene rings is 2. The summed E-state index contributed by atoms with van der Waals surface area (Å²) in [6.45, 7) is 6.23. The first kappa shape index (κ1) is 20.7.